The van der Waals surface area contributed by atoms with Crippen molar-refractivity contribution in [2.75, 3.05) is 13.7 Å². The Morgan fingerprint density at radius 1 is 0.978 bits per heavy atom. The first-order valence-corrected chi connectivity index (χ1v) is 16.6. The highest BCUT2D eigenvalue weighted by molar-refractivity contribution is 7.97. The molecule has 0 saturated carbocycles. The highest BCUT2D eigenvalue weighted by atomic mass is 35.5. The van der Waals surface area contributed by atoms with Gasteiger partial charge in [-0.2, -0.15) is 0 Å². The Hall–Kier alpha value is -2.83. The first kappa shape index (κ1) is 38.4. The highest BCUT2D eigenvalue weighted by Crippen LogP contribution is 2.38. The lowest BCUT2D eigenvalue weighted by Gasteiger charge is -2.32. The number of carbonyl (C=O) groups is 1. The zero-order valence-electron chi connectivity index (χ0n) is 27.5. The quantitative estimate of drug-likeness (QED) is 0.127. The Kier molecular flexibility index (Phi) is 15.6. The number of benzene rings is 3. The molecular formula is C39H53ClN2O2S. The topological polar surface area (TPSA) is 50.4 Å². The smallest absolute Gasteiger partial charge is 0.152 e. The van der Waals surface area contributed by atoms with Crippen LogP contribution in [0.3, 0.4) is 0 Å². The SMILES string of the molecule is C.CC/C(=C(/COC)NC(Cc1ccccc1)C(C)=O)[C@@H](/C(C)=C\C(NSc1ccccc1C)C(C)(C)C)c1ccc(Cl)cc1. The van der Waals surface area contributed by atoms with E-state index in [4.69, 9.17) is 16.3 Å². The van der Waals surface area contributed by atoms with Gasteiger partial charge in [-0.25, -0.2) is 0 Å². The minimum Gasteiger partial charge on any atom is -0.379 e. The maximum absolute atomic E-state index is 12.9. The molecule has 0 aliphatic heterocycles. The molecule has 0 radical (unpaired) electrons. The van der Waals surface area contributed by atoms with Crippen molar-refractivity contribution in [2.45, 2.75) is 91.6 Å². The van der Waals surface area contributed by atoms with E-state index in [1.807, 2.05) is 30.3 Å². The van der Waals surface area contributed by atoms with Gasteiger partial charge in [0.05, 0.1) is 12.6 Å². The summed E-state index contributed by atoms with van der Waals surface area (Å²) in [6, 6.07) is 26.4. The highest BCUT2D eigenvalue weighted by Gasteiger charge is 2.28. The van der Waals surface area contributed by atoms with Gasteiger partial charge >= 0.3 is 0 Å². The molecule has 0 bridgehead atoms. The van der Waals surface area contributed by atoms with Crippen LogP contribution in [0.4, 0.5) is 0 Å². The monoisotopic (exact) mass is 648 g/mol. The second-order valence-electron chi connectivity index (χ2n) is 12.5. The summed E-state index contributed by atoms with van der Waals surface area (Å²) in [4.78, 5) is 14.1. The molecule has 3 rings (SSSR count). The Morgan fingerprint density at radius 2 is 1.60 bits per heavy atom. The van der Waals surface area contributed by atoms with E-state index in [9.17, 15) is 4.79 Å². The van der Waals surface area contributed by atoms with Gasteiger partial charge in [0.15, 0.2) is 5.78 Å². The van der Waals surface area contributed by atoms with Crippen LogP contribution in [-0.4, -0.2) is 31.6 Å². The molecule has 6 heteroatoms. The molecule has 0 aromatic heterocycles. The molecule has 3 atom stereocenters. The van der Waals surface area contributed by atoms with E-state index in [1.165, 1.54) is 21.6 Å². The number of nitrogens with one attached hydrogen (secondary N) is 2. The molecule has 2 N–H and O–H groups in total. The van der Waals surface area contributed by atoms with Crippen molar-refractivity contribution in [3.63, 3.8) is 0 Å². The fraction of sp³-hybridized carbons (Fsp3) is 0.410. The van der Waals surface area contributed by atoms with Crippen LogP contribution in [0.2, 0.25) is 5.02 Å². The van der Waals surface area contributed by atoms with E-state index in [2.05, 4.69) is 106 Å². The van der Waals surface area contributed by atoms with Crippen LogP contribution in [0.15, 0.2) is 107 Å². The number of carbonyl (C=O) groups excluding carboxylic acids is 1. The van der Waals surface area contributed by atoms with Gasteiger partial charge in [0.25, 0.3) is 0 Å². The predicted molar refractivity (Wildman–Crippen MR) is 195 cm³/mol. The maximum Gasteiger partial charge on any atom is 0.152 e. The Balaban J connectivity index is 0.00000705. The number of methoxy groups -OCH3 is 1. The fourth-order valence-electron chi connectivity index (χ4n) is 5.33. The summed E-state index contributed by atoms with van der Waals surface area (Å²) in [7, 11) is 1.71. The molecule has 0 aliphatic rings. The Morgan fingerprint density at radius 3 is 2.16 bits per heavy atom. The van der Waals surface area contributed by atoms with E-state index in [0.29, 0.717) is 18.1 Å². The molecule has 0 aliphatic carbocycles. The zero-order chi connectivity index (χ0) is 32.3. The van der Waals surface area contributed by atoms with E-state index in [-0.39, 0.29) is 36.6 Å². The van der Waals surface area contributed by atoms with Gasteiger partial charge in [-0.1, -0.05) is 119 Å². The normalized spacial score (nSPS) is 14.6. The van der Waals surface area contributed by atoms with Crippen LogP contribution in [-0.2, 0) is 16.0 Å². The number of Topliss-reactive ketones (excluding diaryl/α,β-unsaturated/α-hetero) is 1. The number of aryl methyl sites for hydroxylation is 1. The first-order valence-electron chi connectivity index (χ1n) is 15.4. The second-order valence-corrected chi connectivity index (χ2v) is 13.8. The van der Waals surface area contributed by atoms with E-state index >= 15 is 0 Å². The molecule has 2 unspecified atom stereocenters. The van der Waals surface area contributed by atoms with Crippen LogP contribution in [0.5, 0.6) is 0 Å². The van der Waals surface area contributed by atoms with Gasteiger partial charge in [0.1, 0.15) is 0 Å². The molecule has 0 fully saturated rings. The average Bonchev–Trinajstić information content (AvgIpc) is 2.98. The van der Waals surface area contributed by atoms with Crippen LogP contribution in [0.25, 0.3) is 0 Å². The number of hydrogen-bond donors (Lipinski definition) is 2. The van der Waals surface area contributed by atoms with Crippen LogP contribution in [0.1, 0.15) is 78.0 Å². The van der Waals surface area contributed by atoms with Gasteiger partial charge in [-0.05, 0) is 91.4 Å². The molecule has 0 heterocycles. The van der Waals surface area contributed by atoms with E-state index < -0.39 is 0 Å². The molecule has 244 valence electrons. The van der Waals surface area contributed by atoms with Gasteiger partial charge in [0.2, 0.25) is 0 Å². The van der Waals surface area contributed by atoms with Crippen molar-refractivity contribution in [2.24, 2.45) is 5.41 Å². The van der Waals surface area contributed by atoms with Gasteiger partial charge in [0, 0.05) is 34.7 Å². The Bertz CT molecular complexity index is 1410. The first-order chi connectivity index (χ1) is 20.9. The van der Waals surface area contributed by atoms with Crippen molar-refractivity contribution in [3.05, 3.63) is 123 Å². The van der Waals surface area contributed by atoms with Gasteiger partial charge in [-0.3, -0.25) is 9.52 Å². The van der Waals surface area contributed by atoms with Crippen molar-refractivity contribution in [3.8, 4) is 0 Å². The minimum absolute atomic E-state index is 0. The summed E-state index contributed by atoms with van der Waals surface area (Å²) in [5.41, 5.74) is 6.84. The number of halogens is 1. The summed E-state index contributed by atoms with van der Waals surface area (Å²) < 4.78 is 9.52. The maximum atomic E-state index is 12.9. The van der Waals surface area contributed by atoms with E-state index in [0.717, 1.165) is 23.2 Å². The van der Waals surface area contributed by atoms with Crippen LogP contribution in [0, 0.1) is 12.3 Å². The number of rotatable bonds is 15. The number of allylic oxidation sites excluding steroid dienone is 2. The average molecular weight is 649 g/mol. The predicted octanol–water partition coefficient (Wildman–Crippen LogP) is 10.1. The molecule has 3 aromatic carbocycles. The summed E-state index contributed by atoms with van der Waals surface area (Å²) in [5, 5.41) is 4.34. The molecular weight excluding hydrogens is 596 g/mol. The lowest BCUT2D eigenvalue weighted by atomic mass is 9.79. The van der Waals surface area contributed by atoms with Crippen molar-refractivity contribution in [1.82, 2.24) is 10.0 Å². The standard InChI is InChI=1S/C38H49ClN2O2S.CH4/c1-9-32(34(25-43-8)40-33(28(4)42)24-29-16-11-10-12-17-29)37(30-19-21-31(39)22-20-30)27(3)23-36(38(5,6)7)41-44-35-18-14-13-15-26(35)2;/h10-23,33,36-37,40-41H,9,24-25H2,1-8H3;1H4/b27-23-,34-32+;/t33?,36?,37-;/m0./s1. The molecule has 0 amide bonds. The molecule has 45 heavy (non-hydrogen) atoms. The minimum atomic E-state index is -0.367. The number of ether oxygens (including phenoxy) is 1. The van der Waals surface area contributed by atoms with Crippen molar-refractivity contribution in [1.29, 1.82) is 0 Å². The number of ketones is 1. The number of hydrogen-bond acceptors (Lipinski definition) is 5. The largest absolute Gasteiger partial charge is 0.379 e. The van der Waals surface area contributed by atoms with Gasteiger partial charge < -0.3 is 10.1 Å². The van der Waals surface area contributed by atoms with Crippen LogP contribution >= 0.6 is 23.5 Å². The Labute approximate surface area is 282 Å². The third-order valence-electron chi connectivity index (χ3n) is 7.94. The summed E-state index contributed by atoms with van der Waals surface area (Å²) in [6.45, 7) is 15.4. The lowest BCUT2D eigenvalue weighted by molar-refractivity contribution is -0.118. The third kappa shape index (κ3) is 11.5. The molecule has 0 spiro atoms. The summed E-state index contributed by atoms with van der Waals surface area (Å²) in [5.74, 6) is 0.0628. The van der Waals surface area contributed by atoms with Crippen molar-refractivity contribution < 1.29 is 9.53 Å². The zero-order valence-corrected chi connectivity index (χ0v) is 29.1. The molecule has 0 saturated heterocycles. The third-order valence-corrected chi connectivity index (χ3v) is 9.24. The lowest BCUT2D eigenvalue weighted by Crippen LogP contribution is -2.39. The van der Waals surface area contributed by atoms with E-state index in [1.54, 1.807) is 26.0 Å². The van der Waals surface area contributed by atoms with Gasteiger partial charge in [-0.15, -0.1) is 0 Å². The van der Waals surface area contributed by atoms with Crippen LogP contribution < -0.4 is 10.0 Å². The summed E-state index contributed by atoms with van der Waals surface area (Å²) in [6.07, 6.45) is 3.76. The second kappa shape index (κ2) is 18.3. The summed E-state index contributed by atoms with van der Waals surface area (Å²) >= 11 is 8.03. The molecule has 4 nitrogen and oxygen atoms in total. The van der Waals surface area contributed by atoms with Crippen molar-refractivity contribution >= 4 is 29.3 Å². The fourth-order valence-corrected chi connectivity index (χ4v) is 6.51. The molecule has 3 aromatic rings.